The van der Waals surface area contributed by atoms with E-state index in [0.717, 1.165) is 12.8 Å². The molecule has 4 heteroatoms. The van der Waals surface area contributed by atoms with Gasteiger partial charge in [-0.3, -0.25) is 0 Å². The predicted octanol–water partition coefficient (Wildman–Crippen LogP) is 2.36. The van der Waals surface area contributed by atoms with Crippen LogP contribution < -0.4 is 0 Å². The Balaban J connectivity index is 1.99. The van der Waals surface area contributed by atoms with Gasteiger partial charge in [-0.2, -0.15) is 0 Å². The number of carbonyl (C=O) groups excluding carboxylic acids is 1. The highest BCUT2D eigenvalue weighted by molar-refractivity contribution is 6.21. The zero-order valence-electron chi connectivity index (χ0n) is 9.38. The van der Waals surface area contributed by atoms with E-state index < -0.39 is 18.2 Å². The van der Waals surface area contributed by atoms with E-state index in [0.29, 0.717) is 12.0 Å². The molecule has 1 aliphatic carbocycles. The van der Waals surface area contributed by atoms with Crippen molar-refractivity contribution in [2.75, 3.05) is 0 Å². The number of carbonyl (C=O) groups is 1. The summed E-state index contributed by atoms with van der Waals surface area (Å²) in [5.41, 5.74) is 0.497. The molecule has 0 aliphatic heterocycles. The van der Waals surface area contributed by atoms with Crippen LogP contribution in [0.5, 0.6) is 0 Å². The van der Waals surface area contributed by atoms with E-state index in [1.165, 1.54) is 0 Å². The molecule has 1 saturated carbocycles. The summed E-state index contributed by atoms with van der Waals surface area (Å²) in [6.45, 7) is 0. The van der Waals surface area contributed by atoms with Crippen molar-refractivity contribution in [1.82, 2.24) is 0 Å². The van der Waals surface area contributed by atoms with Gasteiger partial charge in [-0.05, 0) is 31.4 Å². The Morgan fingerprint density at radius 3 is 2.71 bits per heavy atom. The largest absolute Gasteiger partial charge is 0.456 e. The maximum absolute atomic E-state index is 11.8. The highest BCUT2D eigenvalue weighted by atomic mass is 35.5. The molecule has 17 heavy (non-hydrogen) atoms. The van der Waals surface area contributed by atoms with E-state index in [1.807, 2.05) is 6.07 Å². The fourth-order valence-electron chi connectivity index (χ4n) is 2.00. The number of hydrogen-bond acceptors (Lipinski definition) is 3. The number of benzene rings is 1. The molecule has 0 bridgehead atoms. The van der Waals surface area contributed by atoms with Crippen molar-refractivity contribution in [3.63, 3.8) is 0 Å². The Labute approximate surface area is 105 Å². The maximum Gasteiger partial charge on any atom is 0.338 e. The average molecular weight is 255 g/mol. The second kappa shape index (κ2) is 5.52. The molecule has 1 aliphatic rings. The van der Waals surface area contributed by atoms with Crippen molar-refractivity contribution >= 4 is 17.6 Å². The third-order valence-corrected chi connectivity index (χ3v) is 3.46. The lowest BCUT2D eigenvalue weighted by molar-refractivity contribution is -0.0341. The van der Waals surface area contributed by atoms with E-state index in [4.69, 9.17) is 16.3 Å². The van der Waals surface area contributed by atoms with Crippen LogP contribution >= 0.6 is 11.6 Å². The average Bonchev–Trinajstić information content (AvgIpc) is 2.36. The van der Waals surface area contributed by atoms with E-state index >= 15 is 0 Å². The first-order valence-corrected chi connectivity index (χ1v) is 6.20. The van der Waals surface area contributed by atoms with Crippen LogP contribution in [0, 0.1) is 0 Å². The van der Waals surface area contributed by atoms with Crippen LogP contribution in [0.15, 0.2) is 30.3 Å². The minimum absolute atomic E-state index is 0.322. The standard InChI is InChI=1S/C13H15ClO3/c14-10-7-4-8-11(12(10)15)17-13(16)9-5-2-1-3-6-9/h1-3,5-6,10-12,15H,4,7-8H2/t10-,11-,12+/m1/s1. The van der Waals surface area contributed by atoms with Gasteiger partial charge < -0.3 is 9.84 Å². The van der Waals surface area contributed by atoms with Gasteiger partial charge in [-0.15, -0.1) is 11.6 Å². The van der Waals surface area contributed by atoms with Gasteiger partial charge in [0.1, 0.15) is 12.2 Å². The molecule has 0 amide bonds. The van der Waals surface area contributed by atoms with Crippen molar-refractivity contribution in [2.45, 2.75) is 36.8 Å². The van der Waals surface area contributed by atoms with Gasteiger partial charge >= 0.3 is 5.97 Å². The van der Waals surface area contributed by atoms with Crippen LogP contribution in [-0.4, -0.2) is 28.7 Å². The fraction of sp³-hybridized carbons (Fsp3) is 0.462. The fourth-order valence-corrected chi connectivity index (χ4v) is 2.31. The summed E-state index contributed by atoms with van der Waals surface area (Å²) in [6, 6.07) is 8.77. The first kappa shape index (κ1) is 12.4. The lowest BCUT2D eigenvalue weighted by Crippen LogP contribution is -2.41. The van der Waals surface area contributed by atoms with Crippen LogP contribution in [0.4, 0.5) is 0 Å². The first-order chi connectivity index (χ1) is 8.18. The number of aliphatic hydroxyl groups excluding tert-OH is 1. The van der Waals surface area contributed by atoms with Crippen LogP contribution in [0.25, 0.3) is 0 Å². The Kier molecular flexibility index (Phi) is 4.02. The minimum Gasteiger partial charge on any atom is -0.456 e. The molecule has 0 unspecified atom stereocenters. The van der Waals surface area contributed by atoms with E-state index in [2.05, 4.69) is 0 Å². The number of ether oxygens (including phenoxy) is 1. The Morgan fingerprint density at radius 2 is 2.00 bits per heavy atom. The zero-order valence-corrected chi connectivity index (χ0v) is 10.1. The predicted molar refractivity (Wildman–Crippen MR) is 65.1 cm³/mol. The lowest BCUT2D eigenvalue weighted by Gasteiger charge is -2.30. The summed E-state index contributed by atoms with van der Waals surface area (Å²) in [5, 5.41) is 9.50. The molecule has 1 N–H and O–H groups in total. The smallest absolute Gasteiger partial charge is 0.338 e. The van der Waals surface area contributed by atoms with Crippen molar-refractivity contribution in [3.8, 4) is 0 Å². The Morgan fingerprint density at radius 1 is 1.29 bits per heavy atom. The summed E-state index contributed by atoms with van der Waals surface area (Å²) in [7, 11) is 0. The van der Waals surface area contributed by atoms with Crippen LogP contribution in [0.1, 0.15) is 29.6 Å². The van der Waals surface area contributed by atoms with Crippen molar-refractivity contribution in [3.05, 3.63) is 35.9 Å². The number of rotatable bonds is 2. The third kappa shape index (κ3) is 2.99. The number of aliphatic hydroxyl groups is 1. The number of esters is 1. The first-order valence-electron chi connectivity index (χ1n) is 5.76. The van der Waals surface area contributed by atoms with Gasteiger partial charge in [0.05, 0.1) is 10.9 Å². The Hall–Kier alpha value is -1.06. The molecule has 0 aromatic heterocycles. The normalized spacial score (nSPS) is 28.7. The highest BCUT2D eigenvalue weighted by Gasteiger charge is 2.33. The quantitative estimate of drug-likeness (QED) is 0.651. The summed E-state index contributed by atoms with van der Waals surface area (Å²) in [6.07, 6.45) is 1.06. The third-order valence-electron chi connectivity index (χ3n) is 2.99. The van der Waals surface area contributed by atoms with Gasteiger partial charge in [-0.1, -0.05) is 18.2 Å². The van der Waals surface area contributed by atoms with Crippen LogP contribution in [0.2, 0.25) is 0 Å². The molecular formula is C13H15ClO3. The van der Waals surface area contributed by atoms with E-state index in [9.17, 15) is 9.90 Å². The van der Waals surface area contributed by atoms with Crippen molar-refractivity contribution < 1.29 is 14.6 Å². The maximum atomic E-state index is 11.8. The van der Waals surface area contributed by atoms with Crippen molar-refractivity contribution in [1.29, 1.82) is 0 Å². The SMILES string of the molecule is O=C(O[C@@H]1CCC[C@@H](Cl)[C@@H]1O)c1ccccc1. The molecular weight excluding hydrogens is 240 g/mol. The lowest BCUT2D eigenvalue weighted by atomic mass is 9.94. The number of halogens is 1. The van der Waals surface area contributed by atoms with Gasteiger partial charge in [0.2, 0.25) is 0 Å². The van der Waals surface area contributed by atoms with Gasteiger partial charge in [0.25, 0.3) is 0 Å². The molecule has 92 valence electrons. The molecule has 3 nitrogen and oxygen atoms in total. The molecule has 0 heterocycles. The van der Waals surface area contributed by atoms with Gasteiger partial charge in [0.15, 0.2) is 0 Å². The second-order valence-electron chi connectivity index (χ2n) is 4.25. The highest BCUT2D eigenvalue weighted by Crippen LogP contribution is 2.26. The van der Waals surface area contributed by atoms with Crippen LogP contribution in [0.3, 0.4) is 0 Å². The molecule has 3 atom stereocenters. The van der Waals surface area contributed by atoms with E-state index in [1.54, 1.807) is 24.3 Å². The molecule has 1 aromatic rings. The Bertz CT molecular complexity index is 380. The second-order valence-corrected chi connectivity index (χ2v) is 4.81. The summed E-state index contributed by atoms with van der Waals surface area (Å²) >= 11 is 5.95. The number of hydrogen-bond donors (Lipinski definition) is 1. The molecule has 0 spiro atoms. The molecule has 2 rings (SSSR count). The van der Waals surface area contributed by atoms with Gasteiger partial charge in [0, 0.05) is 0 Å². The minimum atomic E-state index is -0.766. The summed E-state index contributed by atoms with van der Waals surface area (Å²) in [4.78, 5) is 11.8. The molecule has 1 aromatic carbocycles. The summed E-state index contributed by atoms with van der Waals surface area (Å²) < 4.78 is 5.29. The topological polar surface area (TPSA) is 46.5 Å². The van der Waals surface area contributed by atoms with E-state index in [-0.39, 0.29) is 5.38 Å². The zero-order chi connectivity index (χ0) is 12.3. The molecule has 0 radical (unpaired) electrons. The van der Waals surface area contributed by atoms with Gasteiger partial charge in [-0.25, -0.2) is 4.79 Å². The summed E-state index contributed by atoms with van der Waals surface area (Å²) in [5.74, 6) is -0.402. The van der Waals surface area contributed by atoms with Crippen molar-refractivity contribution in [2.24, 2.45) is 0 Å². The van der Waals surface area contributed by atoms with Crippen LogP contribution in [-0.2, 0) is 4.74 Å². The number of alkyl halides is 1. The monoisotopic (exact) mass is 254 g/mol. The molecule has 0 saturated heterocycles. The molecule has 1 fully saturated rings.